The molecule has 2 atom stereocenters. The molecule has 0 aliphatic rings. The van der Waals surface area contributed by atoms with Crippen LogP contribution < -0.4 is 21.5 Å². The van der Waals surface area contributed by atoms with E-state index in [1.165, 1.54) is 0 Å². The Morgan fingerprint density at radius 2 is 1.13 bits per heavy atom. The molecule has 0 amide bonds. The monoisotopic (exact) mass is 547 g/mol. The fraction of sp³-hybridized carbons (Fsp3) is 0.214. The molecule has 204 valence electrons. The fourth-order valence-corrected chi connectivity index (χ4v) is 4.42. The van der Waals surface area contributed by atoms with Gasteiger partial charge in [-0.05, 0) is 43.4 Å². The van der Waals surface area contributed by atoms with Gasteiger partial charge in [0.05, 0.1) is 23.2 Å². The van der Waals surface area contributed by atoms with Gasteiger partial charge in [-0.25, -0.2) is 0 Å². The minimum atomic E-state index is -5.07. The zero-order chi connectivity index (χ0) is 28.5. The predicted octanol–water partition coefficient (Wildman–Crippen LogP) is 6.52. The highest BCUT2D eigenvalue weighted by Gasteiger charge is 2.37. The largest absolute Gasteiger partial charge is 0.416 e. The molecular weight excluding hydrogens is 524 g/mol. The molecule has 0 aromatic heterocycles. The number of hydrogen-bond donors (Lipinski definition) is 2. The standard InChI is InChI=1S/C28H23F6N3O2/c1-37(2)24(17-11-7-4-8-12-17)21(16-9-5-3-6-10-16)36-23-22(25(38)26(23)39)35-20-14-18(27(29,30)31)13-19(15-20)28(32,33)34/h3-15,21,24,35-36H,1-2H3/t21-,24-/m0/s1. The Bertz CT molecular complexity index is 1480. The van der Waals surface area contributed by atoms with E-state index in [4.69, 9.17) is 0 Å². The Labute approximate surface area is 219 Å². The number of halogens is 6. The molecule has 0 aliphatic carbocycles. The zero-order valence-corrected chi connectivity index (χ0v) is 20.7. The molecule has 4 aromatic rings. The van der Waals surface area contributed by atoms with Gasteiger partial charge >= 0.3 is 12.4 Å². The normalized spacial score (nSPS) is 13.9. The van der Waals surface area contributed by atoms with Crippen molar-refractivity contribution in [2.45, 2.75) is 24.4 Å². The first-order valence-corrected chi connectivity index (χ1v) is 11.7. The summed E-state index contributed by atoms with van der Waals surface area (Å²) in [4.78, 5) is 27.0. The van der Waals surface area contributed by atoms with E-state index in [9.17, 15) is 35.9 Å². The maximum absolute atomic E-state index is 13.3. The van der Waals surface area contributed by atoms with Crippen molar-refractivity contribution in [2.24, 2.45) is 0 Å². The van der Waals surface area contributed by atoms with E-state index in [-0.39, 0.29) is 17.8 Å². The van der Waals surface area contributed by atoms with E-state index in [1.807, 2.05) is 49.3 Å². The van der Waals surface area contributed by atoms with Crippen LogP contribution >= 0.6 is 0 Å². The van der Waals surface area contributed by atoms with Crippen LogP contribution in [0.4, 0.5) is 43.4 Å². The van der Waals surface area contributed by atoms with E-state index in [0.717, 1.165) is 11.1 Å². The summed E-state index contributed by atoms with van der Waals surface area (Å²) in [6.45, 7) is 0. The third kappa shape index (κ3) is 5.98. The zero-order valence-electron chi connectivity index (χ0n) is 20.7. The van der Waals surface area contributed by atoms with Gasteiger partial charge in [0.1, 0.15) is 11.4 Å². The average molecular weight is 547 g/mol. The van der Waals surface area contributed by atoms with Gasteiger partial charge in [-0.3, -0.25) is 9.59 Å². The van der Waals surface area contributed by atoms with E-state index in [1.54, 1.807) is 30.3 Å². The summed E-state index contributed by atoms with van der Waals surface area (Å²) < 4.78 is 80.0. The predicted molar refractivity (Wildman–Crippen MR) is 137 cm³/mol. The molecule has 11 heteroatoms. The van der Waals surface area contributed by atoms with Crippen LogP contribution in [0.25, 0.3) is 0 Å². The quantitative estimate of drug-likeness (QED) is 0.194. The van der Waals surface area contributed by atoms with Crippen molar-refractivity contribution in [1.82, 2.24) is 4.90 Å². The molecular formula is C28H23F6N3O2. The van der Waals surface area contributed by atoms with Gasteiger partial charge in [-0.15, -0.1) is 0 Å². The van der Waals surface area contributed by atoms with Crippen LogP contribution in [0.3, 0.4) is 0 Å². The van der Waals surface area contributed by atoms with E-state index in [0.29, 0.717) is 12.1 Å². The van der Waals surface area contributed by atoms with Crippen molar-refractivity contribution in [3.63, 3.8) is 0 Å². The molecule has 0 fully saturated rings. The Kier molecular flexibility index (Phi) is 7.56. The van der Waals surface area contributed by atoms with Crippen molar-refractivity contribution in [1.29, 1.82) is 0 Å². The van der Waals surface area contributed by atoms with Crippen LogP contribution in [0.2, 0.25) is 0 Å². The van der Waals surface area contributed by atoms with Crippen molar-refractivity contribution in [3.8, 4) is 0 Å². The topological polar surface area (TPSA) is 61.4 Å². The first-order valence-electron chi connectivity index (χ1n) is 11.7. The molecule has 0 spiro atoms. The second-order valence-corrected chi connectivity index (χ2v) is 9.18. The second kappa shape index (κ2) is 10.6. The Hall–Kier alpha value is -4.12. The summed E-state index contributed by atoms with van der Waals surface area (Å²) in [6.07, 6.45) is -10.1. The number of alkyl halides is 6. The maximum atomic E-state index is 13.3. The molecule has 0 radical (unpaired) electrons. The summed E-state index contributed by atoms with van der Waals surface area (Å²) in [6, 6.07) is 18.1. The minimum Gasteiger partial charge on any atom is -0.371 e. The van der Waals surface area contributed by atoms with E-state index in [2.05, 4.69) is 10.6 Å². The molecule has 0 aliphatic heterocycles. The molecule has 2 N–H and O–H groups in total. The Morgan fingerprint density at radius 1 is 0.667 bits per heavy atom. The van der Waals surface area contributed by atoms with Crippen LogP contribution in [-0.4, -0.2) is 19.0 Å². The summed E-state index contributed by atoms with van der Waals surface area (Å²) in [5.74, 6) is 0. The number of nitrogens with zero attached hydrogens (tertiary/aromatic N) is 1. The van der Waals surface area contributed by atoms with Crippen molar-refractivity contribution in [2.75, 3.05) is 24.7 Å². The van der Waals surface area contributed by atoms with Crippen LogP contribution in [-0.2, 0) is 12.4 Å². The Morgan fingerprint density at radius 3 is 1.59 bits per heavy atom. The van der Waals surface area contributed by atoms with E-state index < -0.39 is 51.8 Å². The first-order chi connectivity index (χ1) is 18.3. The van der Waals surface area contributed by atoms with Gasteiger partial charge in [-0.2, -0.15) is 26.3 Å². The molecule has 4 aromatic carbocycles. The SMILES string of the molecule is CN(C)[C@@H](c1ccccc1)[C@@H](Nc1c(Nc2cc(C(F)(F)F)cc(C(F)(F)F)c2)c(=O)c1=O)c1ccccc1. The summed E-state index contributed by atoms with van der Waals surface area (Å²) >= 11 is 0. The molecule has 0 heterocycles. The second-order valence-electron chi connectivity index (χ2n) is 9.18. The van der Waals surface area contributed by atoms with Crippen LogP contribution in [0.15, 0.2) is 88.5 Å². The van der Waals surface area contributed by atoms with Crippen molar-refractivity contribution < 1.29 is 26.3 Å². The number of anilines is 3. The molecule has 5 nitrogen and oxygen atoms in total. The lowest BCUT2D eigenvalue weighted by molar-refractivity contribution is -0.143. The molecule has 0 unspecified atom stereocenters. The van der Waals surface area contributed by atoms with Gasteiger partial charge in [-0.1, -0.05) is 60.7 Å². The number of rotatable bonds is 8. The Balaban J connectivity index is 1.77. The highest BCUT2D eigenvalue weighted by atomic mass is 19.4. The number of hydrogen-bond acceptors (Lipinski definition) is 5. The molecule has 0 saturated heterocycles. The molecule has 0 bridgehead atoms. The number of benzene rings is 3. The van der Waals surface area contributed by atoms with Crippen LogP contribution in [0, 0.1) is 0 Å². The maximum Gasteiger partial charge on any atom is 0.416 e. The number of likely N-dealkylation sites (N-methyl/N-ethyl adjacent to an activating group) is 1. The van der Waals surface area contributed by atoms with Crippen LogP contribution in [0.1, 0.15) is 34.3 Å². The third-order valence-electron chi connectivity index (χ3n) is 6.24. The van der Waals surface area contributed by atoms with Crippen molar-refractivity contribution in [3.05, 3.63) is 122 Å². The van der Waals surface area contributed by atoms with Gasteiger partial charge < -0.3 is 15.5 Å². The third-order valence-corrected chi connectivity index (χ3v) is 6.24. The highest BCUT2D eigenvalue weighted by molar-refractivity contribution is 5.79. The number of nitrogens with one attached hydrogen (secondary N) is 2. The molecule has 39 heavy (non-hydrogen) atoms. The first kappa shape index (κ1) is 27.9. The lowest BCUT2D eigenvalue weighted by Gasteiger charge is -2.35. The minimum absolute atomic E-state index is 0.0144. The fourth-order valence-electron chi connectivity index (χ4n) is 4.42. The van der Waals surface area contributed by atoms with Crippen molar-refractivity contribution >= 4 is 17.1 Å². The summed E-state index contributed by atoms with van der Waals surface area (Å²) in [5, 5.41) is 5.38. The smallest absolute Gasteiger partial charge is 0.371 e. The van der Waals surface area contributed by atoms with Gasteiger partial charge in [0.2, 0.25) is 0 Å². The molecule has 4 rings (SSSR count). The van der Waals surface area contributed by atoms with Gasteiger partial charge in [0.15, 0.2) is 0 Å². The lowest BCUT2D eigenvalue weighted by atomic mass is 9.91. The lowest BCUT2D eigenvalue weighted by Crippen LogP contribution is -2.40. The van der Waals surface area contributed by atoms with Gasteiger partial charge in [0.25, 0.3) is 10.9 Å². The molecule has 0 saturated carbocycles. The van der Waals surface area contributed by atoms with E-state index >= 15 is 0 Å². The summed E-state index contributed by atoms with van der Waals surface area (Å²) in [5.41, 5.74) is -4.78. The van der Waals surface area contributed by atoms with Gasteiger partial charge in [0, 0.05) is 5.69 Å². The van der Waals surface area contributed by atoms with Crippen LogP contribution in [0.5, 0.6) is 0 Å². The average Bonchev–Trinajstić information content (AvgIpc) is 2.89. The highest BCUT2D eigenvalue weighted by Crippen LogP contribution is 2.40. The summed E-state index contributed by atoms with van der Waals surface area (Å²) in [7, 11) is 3.63.